The van der Waals surface area contributed by atoms with Gasteiger partial charge in [0.2, 0.25) is 17.7 Å². The first kappa shape index (κ1) is 22.9. The Kier molecular flexibility index (Phi) is 6.10. The van der Waals surface area contributed by atoms with Crippen LogP contribution < -0.4 is 15.4 Å². The number of ether oxygens (including phenoxy) is 2. The fraction of sp³-hybridized carbons (Fsp3) is 0.577. The van der Waals surface area contributed by atoms with Gasteiger partial charge in [-0.1, -0.05) is 38.3 Å². The molecule has 182 valence electrons. The Bertz CT molecular complexity index is 987. The lowest BCUT2D eigenvalue weighted by molar-refractivity contribution is -0.141. The second-order valence-corrected chi connectivity index (χ2v) is 9.79. The van der Waals surface area contributed by atoms with Crippen LogP contribution in [0.2, 0.25) is 0 Å². The summed E-state index contributed by atoms with van der Waals surface area (Å²) >= 11 is 0. The van der Waals surface area contributed by atoms with Gasteiger partial charge in [-0.05, 0) is 43.5 Å². The van der Waals surface area contributed by atoms with Gasteiger partial charge in [0, 0.05) is 18.3 Å². The minimum atomic E-state index is -1.10. The molecule has 34 heavy (non-hydrogen) atoms. The first-order valence-electron chi connectivity index (χ1n) is 12.4. The zero-order valence-electron chi connectivity index (χ0n) is 19.8. The van der Waals surface area contributed by atoms with Crippen molar-refractivity contribution < 1.29 is 23.9 Å². The summed E-state index contributed by atoms with van der Waals surface area (Å²) in [4.78, 5) is 42.2. The lowest BCUT2D eigenvalue weighted by atomic mass is 9.74. The van der Waals surface area contributed by atoms with Crippen LogP contribution in [-0.4, -0.2) is 60.1 Å². The number of hydrogen-bond acceptors (Lipinski definition) is 5. The van der Waals surface area contributed by atoms with E-state index in [2.05, 4.69) is 10.6 Å². The maximum atomic E-state index is 13.7. The van der Waals surface area contributed by atoms with Gasteiger partial charge in [0.15, 0.2) is 0 Å². The molecule has 3 heterocycles. The predicted octanol–water partition coefficient (Wildman–Crippen LogP) is 2.64. The maximum absolute atomic E-state index is 13.7. The van der Waals surface area contributed by atoms with Crippen molar-refractivity contribution in [2.45, 2.75) is 69.2 Å². The smallest absolute Gasteiger partial charge is 0.246 e. The lowest BCUT2D eigenvalue weighted by Crippen LogP contribution is -2.56. The van der Waals surface area contributed by atoms with Crippen molar-refractivity contribution in [3.05, 3.63) is 36.4 Å². The molecule has 3 amide bonds. The van der Waals surface area contributed by atoms with Gasteiger partial charge >= 0.3 is 0 Å². The van der Waals surface area contributed by atoms with E-state index in [0.29, 0.717) is 18.0 Å². The van der Waals surface area contributed by atoms with Crippen LogP contribution in [0.4, 0.5) is 5.69 Å². The van der Waals surface area contributed by atoms with Crippen molar-refractivity contribution in [2.24, 2.45) is 11.8 Å². The summed E-state index contributed by atoms with van der Waals surface area (Å²) in [5.74, 6) is -1.33. The molecule has 1 spiro atoms. The Morgan fingerprint density at radius 2 is 1.88 bits per heavy atom. The molecule has 2 N–H and O–H groups in total. The van der Waals surface area contributed by atoms with Crippen molar-refractivity contribution in [3.8, 4) is 5.75 Å². The van der Waals surface area contributed by atoms with Crippen molar-refractivity contribution >= 4 is 23.4 Å². The van der Waals surface area contributed by atoms with Gasteiger partial charge in [-0.3, -0.25) is 14.4 Å². The Morgan fingerprint density at radius 1 is 1.15 bits per heavy atom. The number of carbonyl (C=O) groups excluding carboxylic acids is 3. The zero-order valence-corrected chi connectivity index (χ0v) is 19.8. The Labute approximate surface area is 200 Å². The van der Waals surface area contributed by atoms with Crippen LogP contribution in [-0.2, 0) is 19.1 Å². The standard InChI is InChI=1S/C26H33N3O5/c1-3-15-29-22(24(31)28-16-7-5-4-6-8-16)26-14-13-19(34-26)20(21(26)25(29)32)23(30)27-17-9-11-18(33-2)12-10-17/h9-14,16,19-22H,3-8,15H2,1-2H3,(H,27,30)(H,28,31)/t19-,20?,21-,22?,26+/m1/s1. The number of amides is 3. The minimum absolute atomic E-state index is 0.132. The molecule has 4 aliphatic rings. The summed E-state index contributed by atoms with van der Waals surface area (Å²) in [6.45, 7) is 2.44. The average molecular weight is 468 g/mol. The van der Waals surface area contributed by atoms with Crippen LogP contribution in [0.5, 0.6) is 5.75 Å². The van der Waals surface area contributed by atoms with Crippen molar-refractivity contribution in [2.75, 3.05) is 19.0 Å². The molecule has 8 heteroatoms. The molecule has 2 bridgehead atoms. The molecular formula is C26H33N3O5. The molecule has 2 unspecified atom stereocenters. The topological polar surface area (TPSA) is 97.0 Å². The van der Waals surface area contributed by atoms with Crippen LogP contribution in [0.15, 0.2) is 36.4 Å². The first-order chi connectivity index (χ1) is 16.5. The lowest BCUT2D eigenvalue weighted by Gasteiger charge is -2.34. The van der Waals surface area contributed by atoms with E-state index in [1.165, 1.54) is 6.42 Å². The normalized spacial score (nSPS) is 32.1. The molecule has 2 saturated heterocycles. The Hall–Kier alpha value is -2.87. The third kappa shape index (κ3) is 3.68. The van der Waals surface area contributed by atoms with E-state index in [1.54, 1.807) is 36.3 Å². The summed E-state index contributed by atoms with van der Waals surface area (Å²) in [5.41, 5.74) is -0.480. The van der Waals surface area contributed by atoms with E-state index in [1.807, 2.05) is 19.1 Å². The number of methoxy groups -OCH3 is 1. The van der Waals surface area contributed by atoms with Crippen LogP contribution >= 0.6 is 0 Å². The van der Waals surface area contributed by atoms with Crippen LogP contribution in [0.1, 0.15) is 45.4 Å². The Balaban J connectivity index is 1.40. The van der Waals surface area contributed by atoms with Crippen LogP contribution in [0.3, 0.4) is 0 Å². The number of likely N-dealkylation sites (tertiary alicyclic amines) is 1. The summed E-state index contributed by atoms with van der Waals surface area (Å²) in [7, 11) is 1.58. The highest BCUT2D eigenvalue weighted by Gasteiger charge is 2.72. The third-order valence-corrected chi connectivity index (χ3v) is 7.70. The van der Waals surface area contributed by atoms with E-state index in [9.17, 15) is 14.4 Å². The van der Waals surface area contributed by atoms with Gasteiger partial charge in [-0.15, -0.1) is 0 Å². The van der Waals surface area contributed by atoms with Crippen molar-refractivity contribution in [1.29, 1.82) is 0 Å². The van der Waals surface area contributed by atoms with Gasteiger partial charge in [0.25, 0.3) is 0 Å². The molecule has 5 rings (SSSR count). The van der Waals surface area contributed by atoms with Gasteiger partial charge in [-0.25, -0.2) is 0 Å². The van der Waals surface area contributed by atoms with Gasteiger partial charge in [0.05, 0.1) is 25.0 Å². The molecule has 1 aromatic rings. The van der Waals surface area contributed by atoms with Gasteiger partial charge in [0.1, 0.15) is 17.4 Å². The summed E-state index contributed by atoms with van der Waals surface area (Å²) in [5, 5.41) is 6.12. The average Bonchev–Trinajstić information content (AvgIpc) is 3.48. The first-order valence-corrected chi connectivity index (χ1v) is 12.4. The largest absolute Gasteiger partial charge is 0.497 e. The Morgan fingerprint density at radius 3 is 2.56 bits per heavy atom. The highest BCUT2D eigenvalue weighted by molar-refractivity contribution is 6.02. The quantitative estimate of drug-likeness (QED) is 0.601. The zero-order chi connectivity index (χ0) is 23.9. The number of anilines is 1. The summed E-state index contributed by atoms with van der Waals surface area (Å²) < 4.78 is 11.5. The number of carbonyl (C=O) groups is 3. The number of nitrogens with one attached hydrogen (secondary N) is 2. The molecule has 1 aromatic carbocycles. The molecular weight excluding hydrogens is 434 g/mol. The molecule has 1 saturated carbocycles. The second kappa shape index (κ2) is 9.06. The van der Waals surface area contributed by atoms with Gasteiger partial charge in [-0.2, -0.15) is 0 Å². The fourth-order valence-electron chi connectivity index (χ4n) is 6.18. The molecule has 3 fully saturated rings. The number of rotatable bonds is 7. The minimum Gasteiger partial charge on any atom is -0.497 e. The second-order valence-electron chi connectivity index (χ2n) is 9.79. The van der Waals surface area contributed by atoms with Crippen LogP contribution in [0.25, 0.3) is 0 Å². The van der Waals surface area contributed by atoms with E-state index >= 15 is 0 Å². The molecule has 0 aromatic heterocycles. The highest BCUT2D eigenvalue weighted by Crippen LogP contribution is 2.55. The molecule has 1 aliphatic carbocycles. The summed E-state index contributed by atoms with van der Waals surface area (Å²) in [6.07, 6.45) is 9.22. The molecule has 3 aliphatic heterocycles. The molecule has 5 atom stereocenters. The molecule has 0 radical (unpaired) electrons. The SMILES string of the molecule is CCCN1C(=O)[C@H]2C(C(=O)Nc3ccc(OC)cc3)[C@H]3C=C[C@@]2(O3)C1C(=O)NC1CCCCC1. The monoisotopic (exact) mass is 467 g/mol. The van der Waals surface area contributed by atoms with Crippen molar-refractivity contribution in [1.82, 2.24) is 10.2 Å². The van der Waals surface area contributed by atoms with Gasteiger partial charge < -0.3 is 25.0 Å². The number of benzene rings is 1. The maximum Gasteiger partial charge on any atom is 0.246 e. The van der Waals surface area contributed by atoms with Crippen molar-refractivity contribution in [3.63, 3.8) is 0 Å². The van der Waals surface area contributed by atoms with E-state index in [0.717, 1.165) is 32.1 Å². The predicted molar refractivity (Wildman–Crippen MR) is 126 cm³/mol. The van der Waals surface area contributed by atoms with E-state index < -0.39 is 29.6 Å². The number of hydrogen-bond donors (Lipinski definition) is 2. The number of fused-ring (bicyclic) bond motifs is 1. The van der Waals surface area contributed by atoms with E-state index in [-0.39, 0.29) is 23.8 Å². The fourth-order valence-corrected chi connectivity index (χ4v) is 6.18. The van der Waals surface area contributed by atoms with E-state index in [4.69, 9.17) is 9.47 Å². The third-order valence-electron chi connectivity index (χ3n) is 7.70. The van der Waals surface area contributed by atoms with Crippen LogP contribution in [0, 0.1) is 11.8 Å². The number of nitrogens with zero attached hydrogens (tertiary/aromatic N) is 1. The highest BCUT2D eigenvalue weighted by atomic mass is 16.5. The molecule has 8 nitrogen and oxygen atoms in total. The summed E-state index contributed by atoms with van der Waals surface area (Å²) in [6, 6.07) is 6.43.